The first kappa shape index (κ1) is 16.8. The molecule has 0 radical (unpaired) electrons. The maximum Gasteiger partial charge on any atom is 0.416 e. The molecular weight excluding hydrogens is 295 g/mol. The summed E-state index contributed by atoms with van der Waals surface area (Å²) < 4.78 is 41.9. The fraction of sp³-hybridized carbons (Fsp3) is 0.462. The summed E-state index contributed by atoms with van der Waals surface area (Å²) in [6.45, 7) is 0.553. The highest BCUT2D eigenvalue weighted by atomic mass is 35.5. The third-order valence-electron chi connectivity index (χ3n) is 2.51. The fourth-order valence-electron chi connectivity index (χ4n) is 1.52. The zero-order valence-electron chi connectivity index (χ0n) is 10.8. The zero-order chi connectivity index (χ0) is 15.2. The van der Waals surface area contributed by atoms with Gasteiger partial charge in [-0.25, -0.2) is 0 Å². The largest absolute Gasteiger partial charge is 0.416 e. The number of hydrogen-bond acceptors (Lipinski definition) is 2. The van der Waals surface area contributed by atoms with Gasteiger partial charge in [-0.15, -0.1) is 11.6 Å². The SMILES string of the molecule is COCC(Cl)CNC(=O)Cc1ccc(C(F)(F)F)cc1. The molecule has 0 saturated heterocycles. The molecule has 0 saturated carbocycles. The van der Waals surface area contributed by atoms with E-state index in [1.54, 1.807) is 0 Å². The highest BCUT2D eigenvalue weighted by Gasteiger charge is 2.29. The quantitative estimate of drug-likeness (QED) is 0.820. The molecule has 1 amide bonds. The molecule has 3 nitrogen and oxygen atoms in total. The van der Waals surface area contributed by atoms with Crippen LogP contribution in [-0.2, 0) is 22.1 Å². The van der Waals surface area contributed by atoms with Gasteiger partial charge in [0.25, 0.3) is 0 Å². The number of carbonyl (C=O) groups excluding carboxylic acids is 1. The van der Waals surface area contributed by atoms with Crippen molar-refractivity contribution in [3.8, 4) is 0 Å². The second-order valence-corrected chi connectivity index (χ2v) is 4.85. The molecule has 0 bridgehead atoms. The lowest BCUT2D eigenvalue weighted by Crippen LogP contribution is -2.32. The van der Waals surface area contributed by atoms with E-state index in [0.717, 1.165) is 12.1 Å². The molecule has 1 rings (SSSR count). The Balaban J connectivity index is 2.46. The molecule has 20 heavy (non-hydrogen) atoms. The summed E-state index contributed by atoms with van der Waals surface area (Å²) in [5.41, 5.74) is -0.226. The molecule has 112 valence electrons. The standard InChI is InChI=1S/C13H15ClF3NO2/c1-20-8-11(14)7-18-12(19)6-9-2-4-10(5-3-9)13(15,16)17/h2-5,11H,6-8H2,1H3,(H,18,19). The number of hydrogen-bond donors (Lipinski definition) is 1. The fourth-order valence-corrected chi connectivity index (χ4v) is 1.73. The topological polar surface area (TPSA) is 38.3 Å². The van der Waals surface area contributed by atoms with Gasteiger partial charge in [-0.05, 0) is 17.7 Å². The van der Waals surface area contributed by atoms with Crippen molar-refractivity contribution in [3.05, 3.63) is 35.4 Å². The molecule has 0 aliphatic carbocycles. The molecule has 1 aromatic carbocycles. The Bertz CT molecular complexity index is 434. The highest BCUT2D eigenvalue weighted by Crippen LogP contribution is 2.29. The number of alkyl halides is 4. The third-order valence-corrected chi connectivity index (χ3v) is 2.79. The van der Waals surface area contributed by atoms with Crippen molar-refractivity contribution in [2.45, 2.75) is 18.0 Å². The van der Waals surface area contributed by atoms with E-state index in [-0.39, 0.29) is 24.2 Å². The molecular formula is C13H15ClF3NO2. The van der Waals surface area contributed by atoms with E-state index in [4.69, 9.17) is 16.3 Å². The lowest BCUT2D eigenvalue weighted by Gasteiger charge is -2.10. The smallest absolute Gasteiger partial charge is 0.383 e. The van der Waals surface area contributed by atoms with E-state index in [2.05, 4.69) is 5.32 Å². The van der Waals surface area contributed by atoms with Gasteiger partial charge in [0.2, 0.25) is 5.91 Å². The minimum absolute atomic E-state index is 0.00866. The normalized spacial score (nSPS) is 13.1. The van der Waals surface area contributed by atoms with Crippen molar-refractivity contribution >= 4 is 17.5 Å². The van der Waals surface area contributed by atoms with Crippen LogP contribution in [0.1, 0.15) is 11.1 Å². The van der Waals surface area contributed by atoms with E-state index < -0.39 is 11.7 Å². The van der Waals surface area contributed by atoms with Gasteiger partial charge in [-0.3, -0.25) is 4.79 Å². The second-order valence-electron chi connectivity index (χ2n) is 4.23. The number of amides is 1. The number of rotatable bonds is 6. The number of methoxy groups -OCH3 is 1. The molecule has 0 aromatic heterocycles. The van der Waals surface area contributed by atoms with Crippen LogP contribution in [0.2, 0.25) is 0 Å². The van der Waals surface area contributed by atoms with Crippen molar-refractivity contribution < 1.29 is 22.7 Å². The van der Waals surface area contributed by atoms with Crippen LogP contribution in [0.5, 0.6) is 0 Å². The molecule has 1 aromatic rings. The molecule has 1 unspecified atom stereocenters. The maximum absolute atomic E-state index is 12.4. The summed E-state index contributed by atoms with van der Waals surface area (Å²) in [4.78, 5) is 11.6. The first-order valence-electron chi connectivity index (χ1n) is 5.88. The first-order valence-corrected chi connectivity index (χ1v) is 6.32. The van der Waals surface area contributed by atoms with Crippen molar-refractivity contribution in [2.75, 3.05) is 20.3 Å². The summed E-state index contributed by atoms with van der Waals surface area (Å²) >= 11 is 5.83. The van der Waals surface area contributed by atoms with Gasteiger partial charge in [-0.2, -0.15) is 13.2 Å². The number of ether oxygens (including phenoxy) is 1. The van der Waals surface area contributed by atoms with Gasteiger partial charge in [0.15, 0.2) is 0 Å². The van der Waals surface area contributed by atoms with Crippen LogP contribution in [-0.4, -0.2) is 31.5 Å². The predicted octanol–water partition coefficient (Wildman–Crippen LogP) is 2.62. The van der Waals surface area contributed by atoms with Crippen LogP contribution >= 0.6 is 11.6 Å². The summed E-state index contributed by atoms with van der Waals surface area (Å²) in [6.07, 6.45) is -4.36. The van der Waals surface area contributed by atoms with Gasteiger partial charge < -0.3 is 10.1 Å². The van der Waals surface area contributed by atoms with E-state index in [0.29, 0.717) is 12.2 Å². The third kappa shape index (κ3) is 5.79. The first-order chi connectivity index (χ1) is 9.32. The average Bonchev–Trinajstić information content (AvgIpc) is 2.36. The monoisotopic (exact) mass is 309 g/mol. The molecule has 0 fully saturated rings. The Morgan fingerprint density at radius 3 is 2.45 bits per heavy atom. The lowest BCUT2D eigenvalue weighted by atomic mass is 10.1. The minimum Gasteiger partial charge on any atom is -0.383 e. The van der Waals surface area contributed by atoms with Crippen molar-refractivity contribution in [1.82, 2.24) is 5.32 Å². The summed E-state index contributed by atoms with van der Waals surface area (Å²) in [6, 6.07) is 4.49. The average molecular weight is 310 g/mol. The van der Waals surface area contributed by atoms with Gasteiger partial charge in [-0.1, -0.05) is 12.1 Å². The lowest BCUT2D eigenvalue weighted by molar-refractivity contribution is -0.137. The Morgan fingerprint density at radius 2 is 1.95 bits per heavy atom. The summed E-state index contributed by atoms with van der Waals surface area (Å²) in [5, 5.41) is 2.25. The summed E-state index contributed by atoms with van der Waals surface area (Å²) in [7, 11) is 1.50. The molecule has 1 atom stereocenters. The second kappa shape index (κ2) is 7.50. The van der Waals surface area contributed by atoms with Gasteiger partial charge in [0.1, 0.15) is 0 Å². The predicted molar refractivity (Wildman–Crippen MR) is 69.7 cm³/mol. The van der Waals surface area contributed by atoms with E-state index in [1.807, 2.05) is 0 Å². The number of benzene rings is 1. The van der Waals surface area contributed by atoms with Crippen LogP contribution in [0, 0.1) is 0 Å². The Labute approximate surface area is 120 Å². The Morgan fingerprint density at radius 1 is 1.35 bits per heavy atom. The van der Waals surface area contributed by atoms with Gasteiger partial charge in [0, 0.05) is 13.7 Å². The minimum atomic E-state index is -4.37. The molecule has 0 aliphatic heterocycles. The summed E-state index contributed by atoms with van der Waals surface area (Å²) in [5.74, 6) is -0.300. The van der Waals surface area contributed by atoms with E-state index >= 15 is 0 Å². The highest BCUT2D eigenvalue weighted by molar-refractivity contribution is 6.21. The van der Waals surface area contributed by atoms with Crippen LogP contribution in [0.3, 0.4) is 0 Å². The number of nitrogens with one attached hydrogen (secondary N) is 1. The van der Waals surface area contributed by atoms with Gasteiger partial charge in [0.05, 0.1) is 24.0 Å². The number of carbonyl (C=O) groups is 1. The van der Waals surface area contributed by atoms with Gasteiger partial charge >= 0.3 is 6.18 Å². The molecule has 0 aliphatic rings. The van der Waals surface area contributed by atoms with E-state index in [9.17, 15) is 18.0 Å². The molecule has 0 heterocycles. The van der Waals surface area contributed by atoms with Crippen LogP contribution in [0.15, 0.2) is 24.3 Å². The van der Waals surface area contributed by atoms with Crippen LogP contribution in [0.25, 0.3) is 0 Å². The van der Waals surface area contributed by atoms with Crippen molar-refractivity contribution in [2.24, 2.45) is 0 Å². The molecule has 0 spiro atoms. The molecule has 1 N–H and O–H groups in total. The number of halogens is 4. The van der Waals surface area contributed by atoms with Crippen LogP contribution in [0.4, 0.5) is 13.2 Å². The van der Waals surface area contributed by atoms with E-state index in [1.165, 1.54) is 19.2 Å². The Kier molecular flexibility index (Phi) is 6.29. The maximum atomic E-state index is 12.4. The van der Waals surface area contributed by atoms with Crippen molar-refractivity contribution in [3.63, 3.8) is 0 Å². The molecule has 7 heteroatoms. The Hall–Kier alpha value is -1.27. The van der Waals surface area contributed by atoms with Crippen LogP contribution < -0.4 is 5.32 Å². The zero-order valence-corrected chi connectivity index (χ0v) is 11.6. The van der Waals surface area contributed by atoms with Crippen molar-refractivity contribution in [1.29, 1.82) is 0 Å².